The van der Waals surface area contributed by atoms with Gasteiger partial charge in [-0.3, -0.25) is 4.79 Å². The summed E-state index contributed by atoms with van der Waals surface area (Å²) in [5.41, 5.74) is 0. The van der Waals surface area contributed by atoms with E-state index in [1.54, 1.807) is 0 Å². The molecule has 0 aromatic heterocycles. The third-order valence-corrected chi connectivity index (χ3v) is 4.40. The topological polar surface area (TPSA) is 113 Å². The van der Waals surface area contributed by atoms with Gasteiger partial charge in [0.1, 0.15) is 0 Å². The van der Waals surface area contributed by atoms with Crippen LogP contribution >= 0.6 is 7.82 Å². The van der Waals surface area contributed by atoms with Crippen LogP contribution in [0.2, 0.25) is 0 Å². The zero-order valence-corrected chi connectivity index (χ0v) is 16.3. The van der Waals surface area contributed by atoms with E-state index in [-0.39, 0.29) is 6.42 Å². The summed E-state index contributed by atoms with van der Waals surface area (Å²) >= 11 is 0. The Balaban J connectivity index is 3.32. The molecule has 0 fully saturated rings. The highest BCUT2D eigenvalue weighted by atomic mass is 31.2. The van der Waals surface area contributed by atoms with Gasteiger partial charge in [-0.25, -0.2) is 9.09 Å². The third kappa shape index (κ3) is 19.7. The Morgan fingerprint density at radius 3 is 1.64 bits per heavy atom. The average Bonchev–Trinajstić information content (AvgIpc) is 2.49. The van der Waals surface area contributed by atoms with Gasteiger partial charge in [-0.1, -0.05) is 84.0 Å². The molecule has 0 aliphatic heterocycles. The molecule has 0 heterocycles. The molecule has 0 amide bonds. The number of carbonyl (C=O) groups excluding carboxylic acids is 1. The average molecular weight is 382 g/mol. The molecular formula is C17H35O7P. The van der Waals surface area contributed by atoms with E-state index in [9.17, 15) is 9.36 Å². The fraction of sp³-hybridized carbons (Fsp3) is 0.941. The molecule has 0 aromatic rings. The highest BCUT2D eigenvalue weighted by molar-refractivity contribution is 7.46. The van der Waals surface area contributed by atoms with Crippen molar-refractivity contribution < 1.29 is 33.5 Å². The molecule has 0 aromatic carbocycles. The van der Waals surface area contributed by atoms with E-state index in [0.29, 0.717) is 6.42 Å². The van der Waals surface area contributed by atoms with Crippen molar-refractivity contribution >= 4 is 13.8 Å². The number of hydrogen-bond donors (Lipinski definition) is 3. The maximum Gasteiger partial charge on any atom is 0.474 e. The van der Waals surface area contributed by atoms with Gasteiger partial charge in [0.2, 0.25) is 0 Å². The summed E-state index contributed by atoms with van der Waals surface area (Å²) in [6.07, 6.45) is 15.6. The molecule has 8 heteroatoms. The standard InChI is InChI=1S/C17H35O7P/c1-2-3-4-5-6-7-8-9-10-11-12-13-14-15-16(18)23-17(19)24-25(20,21)22/h17,19H,2-15H2,1H3,(H2,20,21,22). The number of unbranched alkanes of at least 4 members (excludes halogenated alkanes) is 12. The first kappa shape index (κ1) is 24.5. The number of aliphatic hydroxyl groups is 1. The lowest BCUT2D eigenvalue weighted by atomic mass is 10.0. The minimum atomic E-state index is -4.87. The lowest BCUT2D eigenvalue weighted by Gasteiger charge is -2.12. The molecule has 0 bridgehead atoms. The van der Waals surface area contributed by atoms with Crippen LogP contribution in [0.3, 0.4) is 0 Å². The third-order valence-electron chi connectivity index (χ3n) is 3.94. The van der Waals surface area contributed by atoms with Crippen LogP contribution in [0.15, 0.2) is 0 Å². The van der Waals surface area contributed by atoms with Crippen LogP contribution in [0.4, 0.5) is 0 Å². The molecule has 0 rings (SSSR count). The number of esters is 1. The second-order valence-electron chi connectivity index (χ2n) is 6.39. The number of hydrogen-bond acceptors (Lipinski definition) is 5. The van der Waals surface area contributed by atoms with Gasteiger partial charge in [0.05, 0.1) is 0 Å². The quantitative estimate of drug-likeness (QED) is 0.148. The molecule has 0 saturated carbocycles. The number of ether oxygens (including phenoxy) is 1. The summed E-state index contributed by atoms with van der Waals surface area (Å²) in [6, 6.07) is 0. The van der Waals surface area contributed by atoms with Crippen molar-refractivity contribution in [3.8, 4) is 0 Å². The van der Waals surface area contributed by atoms with Crippen molar-refractivity contribution in [2.45, 2.75) is 103 Å². The summed E-state index contributed by atoms with van der Waals surface area (Å²) < 4.78 is 18.6. The summed E-state index contributed by atoms with van der Waals surface area (Å²) in [7, 11) is -4.87. The summed E-state index contributed by atoms with van der Waals surface area (Å²) in [6.45, 7) is 0.00279. The molecule has 150 valence electrons. The largest absolute Gasteiger partial charge is 0.474 e. The predicted octanol–water partition coefficient (Wildman–Crippen LogP) is 4.40. The van der Waals surface area contributed by atoms with E-state index in [0.717, 1.165) is 19.3 Å². The number of aliphatic hydroxyl groups excluding tert-OH is 1. The first-order valence-electron chi connectivity index (χ1n) is 9.46. The van der Waals surface area contributed by atoms with Crippen molar-refractivity contribution in [2.24, 2.45) is 0 Å². The van der Waals surface area contributed by atoms with E-state index in [1.165, 1.54) is 57.8 Å². The Morgan fingerprint density at radius 2 is 1.24 bits per heavy atom. The first-order chi connectivity index (χ1) is 11.8. The molecule has 0 spiro atoms. The van der Waals surface area contributed by atoms with Crippen LogP contribution in [0.5, 0.6) is 0 Å². The van der Waals surface area contributed by atoms with Crippen LogP contribution in [-0.4, -0.2) is 27.3 Å². The van der Waals surface area contributed by atoms with Gasteiger partial charge < -0.3 is 19.6 Å². The molecule has 1 atom stereocenters. The highest BCUT2D eigenvalue weighted by Gasteiger charge is 2.23. The number of phosphoric ester groups is 1. The van der Waals surface area contributed by atoms with Crippen molar-refractivity contribution in [3.05, 3.63) is 0 Å². The summed E-state index contributed by atoms with van der Waals surface area (Å²) in [5.74, 6) is -0.732. The molecule has 3 N–H and O–H groups in total. The second kappa shape index (κ2) is 15.8. The van der Waals surface area contributed by atoms with Crippen LogP contribution in [-0.2, 0) is 18.6 Å². The Hall–Kier alpha value is -0.460. The molecule has 0 saturated heterocycles. The second-order valence-corrected chi connectivity index (χ2v) is 7.58. The zero-order valence-electron chi connectivity index (χ0n) is 15.4. The van der Waals surface area contributed by atoms with Crippen LogP contribution in [0.1, 0.15) is 96.8 Å². The Labute approximate surface area is 151 Å². The van der Waals surface area contributed by atoms with E-state index < -0.39 is 20.3 Å². The van der Waals surface area contributed by atoms with Gasteiger partial charge in [0.25, 0.3) is 0 Å². The van der Waals surface area contributed by atoms with E-state index >= 15 is 0 Å². The van der Waals surface area contributed by atoms with Crippen LogP contribution < -0.4 is 0 Å². The Kier molecular flexibility index (Phi) is 15.5. The van der Waals surface area contributed by atoms with Crippen molar-refractivity contribution in [3.63, 3.8) is 0 Å². The lowest BCUT2D eigenvalue weighted by molar-refractivity contribution is -0.222. The minimum Gasteiger partial charge on any atom is -0.410 e. The van der Waals surface area contributed by atoms with Crippen molar-refractivity contribution in [2.75, 3.05) is 0 Å². The molecule has 7 nitrogen and oxygen atoms in total. The van der Waals surface area contributed by atoms with E-state index in [1.807, 2.05) is 0 Å². The summed E-state index contributed by atoms with van der Waals surface area (Å²) in [4.78, 5) is 28.2. The van der Waals surface area contributed by atoms with Gasteiger partial charge >= 0.3 is 20.3 Å². The normalized spacial score (nSPS) is 13.0. The smallest absolute Gasteiger partial charge is 0.410 e. The van der Waals surface area contributed by atoms with Gasteiger partial charge in [-0.2, -0.15) is 0 Å². The highest BCUT2D eigenvalue weighted by Crippen LogP contribution is 2.37. The number of rotatable bonds is 17. The SMILES string of the molecule is CCCCCCCCCCCCCCCC(=O)OC(O)OP(=O)(O)O. The molecular weight excluding hydrogens is 347 g/mol. The summed E-state index contributed by atoms with van der Waals surface area (Å²) in [5, 5.41) is 9.00. The van der Waals surface area contributed by atoms with Crippen molar-refractivity contribution in [1.29, 1.82) is 0 Å². The maximum absolute atomic E-state index is 11.3. The molecule has 0 aliphatic carbocycles. The fourth-order valence-electron chi connectivity index (χ4n) is 2.60. The Morgan fingerprint density at radius 1 is 0.840 bits per heavy atom. The molecule has 0 aliphatic rings. The van der Waals surface area contributed by atoms with Gasteiger partial charge in [-0.05, 0) is 6.42 Å². The van der Waals surface area contributed by atoms with Crippen LogP contribution in [0.25, 0.3) is 0 Å². The minimum absolute atomic E-state index is 0.0966. The van der Waals surface area contributed by atoms with Crippen molar-refractivity contribution in [1.82, 2.24) is 0 Å². The van der Waals surface area contributed by atoms with Gasteiger partial charge in [0.15, 0.2) is 0 Å². The number of carbonyl (C=O) groups is 1. The molecule has 0 radical (unpaired) electrons. The first-order valence-corrected chi connectivity index (χ1v) is 11.0. The zero-order chi connectivity index (χ0) is 19.0. The van der Waals surface area contributed by atoms with Gasteiger partial charge in [-0.15, -0.1) is 0 Å². The van der Waals surface area contributed by atoms with E-state index in [4.69, 9.17) is 14.9 Å². The van der Waals surface area contributed by atoms with E-state index in [2.05, 4.69) is 16.2 Å². The fourth-order valence-corrected chi connectivity index (χ4v) is 2.88. The lowest BCUT2D eigenvalue weighted by Crippen LogP contribution is -2.19. The monoisotopic (exact) mass is 382 g/mol. The molecule has 25 heavy (non-hydrogen) atoms. The van der Waals surface area contributed by atoms with Gasteiger partial charge in [0, 0.05) is 6.42 Å². The number of phosphoric acid groups is 1. The molecule has 1 unspecified atom stereocenters. The Bertz CT molecular complexity index is 370. The predicted molar refractivity (Wildman–Crippen MR) is 95.5 cm³/mol. The van der Waals surface area contributed by atoms with Crippen LogP contribution in [0, 0.1) is 0 Å². The maximum atomic E-state index is 11.3.